The van der Waals surface area contributed by atoms with Crippen molar-refractivity contribution in [2.45, 2.75) is 31.8 Å². The van der Waals surface area contributed by atoms with Crippen molar-refractivity contribution in [2.24, 2.45) is 0 Å². The first-order valence-electron chi connectivity index (χ1n) is 6.72. The summed E-state index contributed by atoms with van der Waals surface area (Å²) in [6, 6.07) is 4.84. The summed E-state index contributed by atoms with van der Waals surface area (Å²) in [6.45, 7) is 1.46. The van der Waals surface area contributed by atoms with E-state index in [1.165, 1.54) is 30.0 Å². The van der Waals surface area contributed by atoms with Gasteiger partial charge in [0.2, 0.25) is 0 Å². The van der Waals surface area contributed by atoms with Crippen LogP contribution in [0.3, 0.4) is 0 Å². The third-order valence-electron chi connectivity index (χ3n) is 3.66. The Morgan fingerprint density at radius 1 is 1.43 bits per heavy atom. The first-order valence-corrected chi connectivity index (χ1v) is 6.72. The number of amides is 1. The summed E-state index contributed by atoms with van der Waals surface area (Å²) in [5.74, 6) is -2.16. The second kappa shape index (κ2) is 4.87. The van der Waals surface area contributed by atoms with Crippen LogP contribution in [-0.4, -0.2) is 34.0 Å². The number of carboxylic acid groups (broad SMARTS) is 1. The molecule has 1 aromatic carbocycles. The Bertz CT molecular complexity index is 720. The average molecular weight is 291 g/mol. The molecule has 1 heterocycles. The fourth-order valence-electron chi connectivity index (χ4n) is 2.39. The van der Waals surface area contributed by atoms with Crippen molar-refractivity contribution in [2.75, 3.05) is 0 Å². The molecule has 1 atom stereocenters. The van der Waals surface area contributed by atoms with Gasteiger partial charge in [0.25, 0.3) is 5.91 Å². The van der Waals surface area contributed by atoms with Crippen LogP contribution in [0.15, 0.2) is 28.7 Å². The average Bonchev–Trinajstić information content (AvgIpc) is 3.16. The van der Waals surface area contributed by atoms with Crippen molar-refractivity contribution in [3.8, 4) is 0 Å². The molecule has 0 saturated heterocycles. The summed E-state index contributed by atoms with van der Waals surface area (Å²) in [7, 11) is 0. The minimum Gasteiger partial charge on any atom is -0.480 e. The number of hydrogen-bond donors (Lipinski definition) is 1. The highest BCUT2D eigenvalue weighted by Gasteiger charge is 2.39. The molecule has 0 radical (unpaired) electrons. The molecule has 1 amide bonds. The number of carboxylic acids is 1. The van der Waals surface area contributed by atoms with Gasteiger partial charge >= 0.3 is 5.97 Å². The number of benzene rings is 1. The molecule has 110 valence electrons. The zero-order chi connectivity index (χ0) is 15.1. The monoisotopic (exact) mass is 291 g/mol. The Morgan fingerprint density at radius 3 is 2.71 bits per heavy atom. The van der Waals surface area contributed by atoms with Crippen LogP contribution in [0.5, 0.6) is 0 Å². The fourth-order valence-corrected chi connectivity index (χ4v) is 2.39. The van der Waals surface area contributed by atoms with E-state index in [1.54, 1.807) is 6.07 Å². The molecule has 21 heavy (non-hydrogen) atoms. The molecule has 0 spiro atoms. The minimum atomic E-state index is -1.07. The van der Waals surface area contributed by atoms with E-state index in [-0.39, 0.29) is 17.4 Å². The predicted molar refractivity (Wildman–Crippen MR) is 72.5 cm³/mol. The summed E-state index contributed by atoms with van der Waals surface area (Å²) < 4.78 is 18.9. The molecule has 1 aliphatic carbocycles. The van der Waals surface area contributed by atoms with Crippen molar-refractivity contribution in [1.29, 1.82) is 0 Å². The van der Waals surface area contributed by atoms with E-state index >= 15 is 0 Å². The van der Waals surface area contributed by atoms with E-state index in [0.29, 0.717) is 5.39 Å². The first kappa shape index (κ1) is 13.6. The maximum absolute atomic E-state index is 13.6. The summed E-state index contributed by atoms with van der Waals surface area (Å²) in [5, 5.41) is 9.61. The Hall–Kier alpha value is -2.37. The van der Waals surface area contributed by atoms with Crippen molar-refractivity contribution in [3.05, 3.63) is 35.8 Å². The molecule has 1 saturated carbocycles. The molecule has 1 fully saturated rings. The molecular weight excluding hydrogens is 277 g/mol. The lowest BCUT2D eigenvalue weighted by molar-refractivity contribution is -0.141. The molecule has 1 aliphatic rings. The molecule has 0 bridgehead atoms. The van der Waals surface area contributed by atoms with Gasteiger partial charge in [-0.2, -0.15) is 0 Å². The maximum atomic E-state index is 13.6. The smallest absolute Gasteiger partial charge is 0.326 e. The number of halogens is 1. The van der Waals surface area contributed by atoms with Gasteiger partial charge in [0, 0.05) is 11.4 Å². The molecule has 6 heteroatoms. The van der Waals surface area contributed by atoms with Crippen LogP contribution in [0.2, 0.25) is 0 Å². The van der Waals surface area contributed by atoms with Gasteiger partial charge in [-0.3, -0.25) is 4.79 Å². The Balaban J connectivity index is 1.98. The topological polar surface area (TPSA) is 70.8 Å². The lowest BCUT2D eigenvalue weighted by atomic mass is 10.2. The third-order valence-corrected chi connectivity index (χ3v) is 3.66. The molecule has 2 aromatic rings. The number of aliphatic carboxylic acids is 1. The van der Waals surface area contributed by atoms with Crippen LogP contribution >= 0.6 is 0 Å². The van der Waals surface area contributed by atoms with Crippen LogP contribution in [0.1, 0.15) is 30.3 Å². The molecule has 1 aromatic heterocycles. The second-order valence-electron chi connectivity index (χ2n) is 5.23. The number of para-hydroxylation sites is 1. The quantitative estimate of drug-likeness (QED) is 0.940. The van der Waals surface area contributed by atoms with Crippen molar-refractivity contribution in [3.63, 3.8) is 0 Å². The van der Waals surface area contributed by atoms with Crippen LogP contribution in [0, 0.1) is 5.82 Å². The van der Waals surface area contributed by atoms with E-state index < -0.39 is 23.7 Å². The Morgan fingerprint density at radius 2 is 2.14 bits per heavy atom. The first-order chi connectivity index (χ1) is 9.99. The normalized spacial score (nSPS) is 15.9. The van der Waals surface area contributed by atoms with E-state index in [2.05, 4.69) is 0 Å². The standard InChI is InChI=1S/C15H14FNO4/c1-8(15(19)20)17(10-5-6-10)14(18)12-7-9-3-2-4-11(16)13(9)21-12/h2-4,7-8,10H,5-6H2,1H3,(H,19,20). The lowest BCUT2D eigenvalue weighted by Crippen LogP contribution is -2.44. The van der Waals surface area contributed by atoms with Crippen molar-refractivity contribution < 1.29 is 23.5 Å². The van der Waals surface area contributed by atoms with E-state index in [1.807, 2.05) is 0 Å². The number of carbonyl (C=O) groups excluding carboxylic acids is 1. The lowest BCUT2D eigenvalue weighted by Gasteiger charge is -2.25. The van der Waals surface area contributed by atoms with Crippen LogP contribution in [0.4, 0.5) is 4.39 Å². The van der Waals surface area contributed by atoms with Gasteiger partial charge in [-0.25, -0.2) is 9.18 Å². The van der Waals surface area contributed by atoms with Gasteiger partial charge in [-0.15, -0.1) is 0 Å². The molecular formula is C15H14FNO4. The zero-order valence-electron chi connectivity index (χ0n) is 11.4. The minimum absolute atomic E-state index is 0.0135. The number of fused-ring (bicyclic) bond motifs is 1. The molecule has 0 aliphatic heterocycles. The zero-order valence-corrected chi connectivity index (χ0v) is 11.4. The van der Waals surface area contributed by atoms with Gasteiger partial charge in [0.1, 0.15) is 6.04 Å². The fraction of sp³-hybridized carbons (Fsp3) is 0.333. The predicted octanol–water partition coefficient (Wildman–Crippen LogP) is 2.65. The van der Waals surface area contributed by atoms with Crippen LogP contribution in [0.25, 0.3) is 11.0 Å². The van der Waals surface area contributed by atoms with E-state index in [0.717, 1.165) is 12.8 Å². The number of carbonyl (C=O) groups is 2. The summed E-state index contributed by atoms with van der Waals surface area (Å²) >= 11 is 0. The van der Waals surface area contributed by atoms with Crippen molar-refractivity contribution in [1.82, 2.24) is 4.90 Å². The molecule has 1 N–H and O–H groups in total. The van der Waals surface area contributed by atoms with Crippen LogP contribution < -0.4 is 0 Å². The second-order valence-corrected chi connectivity index (χ2v) is 5.23. The molecule has 5 nitrogen and oxygen atoms in total. The number of furan rings is 1. The SMILES string of the molecule is CC(C(=O)O)N(C(=O)c1cc2cccc(F)c2o1)C1CC1. The highest BCUT2D eigenvalue weighted by molar-refractivity contribution is 5.98. The maximum Gasteiger partial charge on any atom is 0.326 e. The van der Waals surface area contributed by atoms with Gasteiger partial charge in [0.15, 0.2) is 17.2 Å². The largest absolute Gasteiger partial charge is 0.480 e. The van der Waals surface area contributed by atoms with E-state index in [9.17, 15) is 14.0 Å². The van der Waals surface area contributed by atoms with E-state index in [4.69, 9.17) is 9.52 Å². The summed E-state index contributed by atoms with van der Waals surface area (Å²) in [5.41, 5.74) is 0.0135. The summed E-state index contributed by atoms with van der Waals surface area (Å²) in [6.07, 6.45) is 1.55. The molecule has 1 unspecified atom stereocenters. The highest BCUT2D eigenvalue weighted by atomic mass is 19.1. The van der Waals surface area contributed by atoms with Gasteiger partial charge in [-0.1, -0.05) is 12.1 Å². The van der Waals surface area contributed by atoms with Crippen LogP contribution in [-0.2, 0) is 4.79 Å². The van der Waals surface area contributed by atoms with Gasteiger partial charge in [-0.05, 0) is 31.9 Å². The summed E-state index contributed by atoms with van der Waals surface area (Å²) in [4.78, 5) is 25.0. The van der Waals surface area contributed by atoms with Gasteiger partial charge in [0.05, 0.1) is 0 Å². The number of nitrogens with zero attached hydrogens (tertiary/aromatic N) is 1. The molecule has 3 rings (SSSR count). The van der Waals surface area contributed by atoms with Gasteiger partial charge < -0.3 is 14.4 Å². The number of rotatable bonds is 4. The third kappa shape index (κ3) is 2.37. The Kier molecular flexibility index (Phi) is 3.16. The Labute approximate surface area is 119 Å². The van der Waals surface area contributed by atoms with Crippen molar-refractivity contribution >= 4 is 22.8 Å². The highest BCUT2D eigenvalue weighted by Crippen LogP contribution is 2.31. The number of hydrogen-bond acceptors (Lipinski definition) is 3.